The lowest BCUT2D eigenvalue weighted by atomic mass is 9.68. The predicted molar refractivity (Wildman–Crippen MR) is 72.0 cm³/mol. The van der Waals surface area contributed by atoms with Gasteiger partial charge in [0.15, 0.2) is 0 Å². The fraction of sp³-hybridized carbons (Fsp3) is 1.00. The van der Waals surface area contributed by atoms with Crippen molar-refractivity contribution < 1.29 is 5.11 Å². The Morgan fingerprint density at radius 3 is 2.53 bits per heavy atom. The van der Waals surface area contributed by atoms with E-state index in [9.17, 15) is 0 Å². The number of rotatable bonds is 6. The lowest BCUT2D eigenvalue weighted by Crippen LogP contribution is -2.50. The molecule has 0 saturated heterocycles. The highest BCUT2D eigenvalue weighted by Gasteiger charge is 2.58. The molecule has 0 spiro atoms. The van der Waals surface area contributed by atoms with Crippen LogP contribution in [0.2, 0.25) is 0 Å². The summed E-state index contributed by atoms with van der Waals surface area (Å²) in [5.74, 6) is 0.933. The fourth-order valence-corrected chi connectivity index (χ4v) is 4.47. The van der Waals surface area contributed by atoms with E-state index < -0.39 is 0 Å². The maximum atomic E-state index is 8.77. The molecule has 0 radical (unpaired) electrons. The summed E-state index contributed by atoms with van der Waals surface area (Å²) in [5.41, 5.74) is 1.02. The number of aliphatic hydroxyl groups excluding tert-OH is 1. The second-order valence-electron chi connectivity index (χ2n) is 7.09. The number of nitrogens with one attached hydrogen (secondary N) is 1. The van der Waals surface area contributed by atoms with Crippen LogP contribution in [0.1, 0.15) is 59.3 Å². The molecule has 0 aromatic heterocycles. The summed E-state index contributed by atoms with van der Waals surface area (Å²) < 4.78 is 0. The molecule has 2 nitrogen and oxygen atoms in total. The van der Waals surface area contributed by atoms with E-state index >= 15 is 0 Å². The summed E-state index contributed by atoms with van der Waals surface area (Å²) in [7, 11) is 0. The lowest BCUT2D eigenvalue weighted by molar-refractivity contribution is 0.109. The zero-order valence-corrected chi connectivity index (χ0v) is 11.8. The van der Waals surface area contributed by atoms with Gasteiger partial charge in [-0.2, -0.15) is 0 Å². The Morgan fingerprint density at radius 2 is 1.94 bits per heavy atom. The number of aliphatic hydroxyl groups is 1. The van der Waals surface area contributed by atoms with Gasteiger partial charge in [-0.15, -0.1) is 0 Å². The Hall–Kier alpha value is -0.0800. The first-order chi connectivity index (χ1) is 8.00. The molecule has 3 unspecified atom stereocenters. The summed E-state index contributed by atoms with van der Waals surface area (Å²) in [6.45, 7) is 8.85. The van der Waals surface area contributed by atoms with Crippen LogP contribution in [0.4, 0.5) is 0 Å². The van der Waals surface area contributed by atoms with Gasteiger partial charge < -0.3 is 10.4 Å². The summed E-state index contributed by atoms with van der Waals surface area (Å²) in [5, 5.41) is 12.6. The molecule has 0 amide bonds. The molecule has 2 aliphatic rings. The highest BCUT2D eigenvalue weighted by Crippen LogP contribution is 2.62. The lowest BCUT2D eigenvalue weighted by Gasteiger charge is -2.43. The third-order valence-corrected chi connectivity index (χ3v) is 5.45. The minimum Gasteiger partial charge on any atom is -0.396 e. The molecule has 2 rings (SSSR count). The monoisotopic (exact) mass is 239 g/mol. The van der Waals surface area contributed by atoms with E-state index in [0.29, 0.717) is 23.5 Å². The van der Waals surface area contributed by atoms with E-state index in [-0.39, 0.29) is 0 Å². The molecule has 2 heteroatoms. The highest BCUT2D eigenvalue weighted by atomic mass is 16.2. The minimum absolute atomic E-state index is 0.342. The molecule has 0 aliphatic heterocycles. The van der Waals surface area contributed by atoms with Crippen LogP contribution < -0.4 is 5.32 Å². The molecule has 0 heterocycles. The molecule has 2 N–H and O–H groups in total. The Kier molecular flexibility index (Phi) is 3.84. The molecule has 100 valence electrons. The van der Waals surface area contributed by atoms with Crippen molar-refractivity contribution in [2.75, 3.05) is 13.2 Å². The molecule has 2 saturated carbocycles. The van der Waals surface area contributed by atoms with E-state index in [1.165, 1.54) is 25.7 Å². The van der Waals surface area contributed by atoms with E-state index in [1.807, 2.05) is 0 Å². The first-order valence-corrected chi connectivity index (χ1v) is 7.35. The maximum absolute atomic E-state index is 8.77. The third-order valence-electron chi connectivity index (χ3n) is 5.45. The van der Waals surface area contributed by atoms with Gasteiger partial charge in [-0.1, -0.05) is 20.8 Å². The van der Waals surface area contributed by atoms with Crippen molar-refractivity contribution in [3.63, 3.8) is 0 Å². The van der Waals surface area contributed by atoms with E-state index in [1.54, 1.807) is 0 Å². The quantitative estimate of drug-likeness (QED) is 0.699. The summed E-state index contributed by atoms with van der Waals surface area (Å²) in [4.78, 5) is 0. The average Bonchev–Trinajstić information content (AvgIpc) is 2.73. The standard InChI is InChI=1S/C15H29NO/c1-14(2)12-7-8-15(3,11-12)13(14)16-9-5-4-6-10-17/h12-13,16-17H,4-11H2,1-3H3. The first kappa shape index (κ1) is 13.4. The second-order valence-corrected chi connectivity index (χ2v) is 7.09. The molecule has 17 heavy (non-hydrogen) atoms. The summed E-state index contributed by atoms with van der Waals surface area (Å²) in [6, 6.07) is 0.697. The average molecular weight is 239 g/mol. The van der Waals surface area contributed by atoms with Gasteiger partial charge in [0, 0.05) is 12.6 Å². The van der Waals surface area contributed by atoms with Crippen LogP contribution in [0.25, 0.3) is 0 Å². The van der Waals surface area contributed by atoms with Gasteiger partial charge >= 0.3 is 0 Å². The van der Waals surface area contributed by atoms with Gasteiger partial charge in [-0.3, -0.25) is 0 Å². The first-order valence-electron chi connectivity index (χ1n) is 7.35. The number of unbranched alkanes of at least 4 members (excludes halogenated alkanes) is 2. The molecule has 0 aromatic rings. The molecule has 2 aliphatic carbocycles. The molecule has 0 aromatic carbocycles. The van der Waals surface area contributed by atoms with Gasteiger partial charge in [-0.05, 0) is 61.8 Å². The summed E-state index contributed by atoms with van der Waals surface area (Å²) in [6.07, 6.45) is 7.58. The SMILES string of the molecule is CC12CCC(C1)C(C)(C)C2NCCCCCO. The van der Waals surface area contributed by atoms with Crippen molar-refractivity contribution in [3.05, 3.63) is 0 Å². The maximum Gasteiger partial charge on any atom is 0.0431 e. The van der Waals surface area contributed by atoms with Gasteiger partial charge in [0.25, 0.3) is 0 Å². The minimum atomic E-state index is 0.342. The highest BCUT2D eigenvalue weighted by molar-refractivity contribution is 5.11. The molecular weight excluding hydrogens is 210 g/mol. The topological polar surface area (TPSA) is 32.3 Å². The number of hydrogen-bond acceptors (Lipinski definition) is 2. The smallest absolute Gasteiger partial charge is 0.0431 e. The largest absolute Gasteiger partial charge is 0.396 e. The van der Waals surface area contributed by atoms with Crippen molar-refractivity contribution >= 4 is 0 Å². The van der Waals surface area contributed by atoms with Crippen molar-refractivity contribution in [1.29, 1.82) is 0 Å². The van der Waals surface area contributed by atoms with Gasteiger partial charge in [0.2, 0.25) is 0 Å². The van der Waals surface area contributed by atoms with Crippen LogP contribution in [-0.4, -0.2) is 24.3 Å². The van der Waals surface area contributed by atoms with Crippen LogP contribution >= 0.6 is 0 Å². The third kappa shape index (κ3) is 2.39. The van der Waals surface area contributed by atoms with Gasteiger partial charge in [-0.25, -0.2) is 0 Å². The molecule has 3 atom stereocenters. The molecule has 2 bridgehead atoms. The molecule has 2 fully saturated rings. The Labute approximate surface area is 106 Å². The van der Waals surface area contributed by atoms with Crippen molar-refractivity contribution in [1.82, 2.24) is 5.32 Å². The Bertz CT molecular complexity index is 259. The fourth-order valence-electron chi connectivity index (χ4n) is 4.47. The van der Waals surface area contributed by atoms with Crippen LogP contribution in [0, 0.1) is 16.7 Å². The van der Waals surface area contributed by atoms with Crippen LogP contribution in [0.5, 0.6) is 0 Å². The Morgan fingerprint density at radius 1 is 1.18 bits per heavy atom. The normalized spacial score (nSPS) is 38.8. The van der Waals surface area contributed by atoms with Gasteiger partial charge in [0.05, 0.1) is 0 Å². The van der Waals surface area contributed by atoms with E-state index in [4.69, 9.17) is 5.11 Å². The second kappa shape index (κ2) is 4.89. The van der Waals surface area contributed by atoms with Crippen LogP contribution in [0.3, 0.4) is 0 Å². The molecular formula is C15H29NO. The number of fused-ring (bicyclic) bond motifs is 2. The van der Waals surface area contributed by atoms with E-state index in [2.05, 4.69) is 26.1 Å². The van der Waals surface area contributed by atoms with Gasteiger partial charge in [0.1, 0.15) is 0 Å². The Balaban J connectivity index is 1.83. The zero-order chi connectivity index (χ0) is 12.5. The predicted octanol–water partition coefficient (Wildman–Crippen LogP) is 2.95. The van der Waals surface area contributed by atoms with Crippen molar-refractivity contribution in [3.8, 4) is 0 Å². The van der Waals surface area contributed by atoms with Crippen molar-refractivity contribution in [2.24, 2.45) is 16.7 Å². The van der Waals surface area contributed by atoms with Crippen LogP contribution in [-0.2, 0) is 0 Å². The zero-order valence-electron chi connectivity index (χ0n) is 11.8. The van der Waals surface area contributed by atoms with Crippen LogP contribution in [0.15, 0.2) is 0 Å². The summed E-state index contributed by atoms with van der Waals surface area (Å²) >= 11 is 0. The van der Waals surface area contributed by atoms with E-state index in [0.717, 1.165) is 25.3 Å². The van der Waals surface area contributed by atoms with Crippen molar-refractivity contribution in [2.45, 2.75) is 65.3 Å². The number of hydrogen-bond donors (Lipinski definition) is 2.